The lowest BCUT2D eigenvalue weighted by Crippen LogP contribution is -2.52. The minimum Gasteiger partial charge on any atom is -0.379 e. The van der Waals surface area contributed by atoms with Gasteiger partial charge in [-0.3, -0.25) is 19.7 Å². The Labute approximate surface area is 198 Å². The van der Waals surface area contributed by atoms with Crippen LogP contribution in [0, 0.1) is 16.7 Å². The SMILES string of the molecule is O=NC1CCC(NCCOCCC#Cc2cccc3c2CN(C2CCC(=O)NC2=O)C3=O)CC1. The summed E-state index contributed by atoms with van der Waals surface area (Å²) in [5.74, 6) is 5.36. The number of imide groups is 1. The zero-order valence-corrected chi connectivity index (χ0v) is 19.2. The van der Waals surface area contributed by atoms with Crippen molar-refractivity contribution in [1.29, 1.82) is 0 Å². The van der Waals surface area contributed by atoms with Crippen molar-refractivity contribution in [1.82, 2.24) is 15.5 Å². The molecule has 0 radical (unpaired) electrons. The Morgan fingerprint density at radius 3 is 2.71 bits per heavy atom. The molecule has 9 heteroatoms. The maximum Gasteiger partial charge on any atom is 0.255 e. The third kappa shape index (κ3) is 5.69. The van der Waals surface area contributed by atoms with Crippen molar-refractivity contribution in [2.75, 3.05) is 19.8 Å². The van der Waals surface area contributed by atoms with Gasteiger partial charge < -0.3 is 15.0 Å². The van der Waals surface area contributed by atoms with Crippen LogP contribution < -0.4 is 10.6 Å². The molecule has 9 nitrogen and oxygen atoms in total. The van der Waals surface area contributed by atoms with E-state index in [1.807, 2.05) is 6.07 Å². The summed E-state index contributed by atoms with van der Waals surface area (Å²) >= 11 is 0. The number of hydrogen-bond acceptors (Lipinski definition) is 7. The number of nitroso groups, excluding NO2 is 1. The Morgan fingerprint density at radius 1 is 1.12 bits per heavy atom. The van der Waals surface area contributed by atoms with Crippen LogP contribution in [0.15, 0.2) is 23.4 Å². The summed E-state index contributed by atoms with van der Waals surface area (Å²) in [5, 5.41) is 8.92. The van der Waals surface area contributed by atoms with Gasteiger partial charge in [0.15, 0.2) is 0 Å². The lowest BCUT2D eigenvalue weighted by Gasteiger charge is -2.29. The maximum absolute atomic E-state index is 12.9. The Morgan fingerprint density at radius 2 is 1.94 bits per heavy atom. The van der Waals surface area contributed by atoms with E-state index in [2.05, 4.69) is 27.7 Å². The molecule has 2 heterocycles. The Hall–Kier alpha value is -3.09. The molecule has 1 aromatic carbocycles. The molecule has 1 aromatic rings. The van der Waals surface area contributed by atoms with Crippen molar-refractivity contribution in [3.8, 4) is 11.8 Å². The Bertz CT molecular complexity index is 1010. The number of piperidine rings is 1. The molecule has 1 saturated heterocycles. The van der Waals surface area contributed by atoms with E-state index in [9.17, 15) is 19.3 Å². The van der Waals surface area contributed by atoms with Gasteiger partial charge in [0.25, 0.3) is 5.91 Å². The zero-order valence-electron chi connectivity index (χ0n) is 19.2. The van der Waals surface area contributed by atoms with E-state index in [0.29, 0.717) is 44.2 Å². The molecule has 1 aliphatic carbocycles. The van der Waals surface area contributed by atoms with E-state index in [1.54, 1.807) is 12.1 Å². The molecule has 2 N–H and O–H groups in total. The van der Waals surface area contributed by atoms with Crippen LogP contribution in [0.25, 0.3) is 0 Å². The number of amides is 3. The second-order valence-corrected chi connectivity index (χ2v) is 8.96. The minimum absolute atomic E-state index is 0.0163. The number of benzene rings is 1. The molecule has 2 fully saturated rings. The third-order valence-electron chi connectivity index (χ3n) is 6.70. The highest BCUT2D eigenvalue weighted by molar-refractivity contribution is 6.05. The molecule has 1 unspecified atom stereocenters. The topological polar surface area (TPSA) is 117 Å². The van der Waals surface area contributed by atoms with Crippen LogP contribution in [0.1, 0.15) is 66.4 Å². The van der Waals surface area contributed by atoms with Crippen molar-refractivity contribution < 1.29 is 19.1 Å². The molecule has 1 saturated carbocycles. The summed E-state index contributed by atoms with van der Waals surface area (Å²) < 4.78 is 5.66. The normalized spacial score (nSPS) is 24.3. The summed E-state index contributed by atoms with van der Waals surface area (Å²) in [7, 11) is 0. The Kier molecular flexibility index (Phi) is 8.03. The van der Waals surface area contributed by atoms with Gasteiger partial charge in [-0.25, -0.2) is 0 Å². The monoisotopic (exact) mass is 466 g/mol. The van der Waals surface area contributed by atoms with Crippen molar-refractivity contribution in [2.45, 2.75) is 69.6 Å². The summed E-state index contributed by atoms with van der Waals surface area (Å²) in [6.07, 6.45) is 4.83. The van der Waals surface area contributed by atoms with Gasteiger partial charge in [0.1, 0.15) is 6.04 Å². The number of nitrogens with zero attached hydrogens (tertiary/aromatic N) is 2. The first-order valence-electron chi connectivity index (χ1n) is 12.0. The first kappa shape index (κ1) is 24.0. The van der Waals surface area contributed by atoms with Crippen LogP contribution in [-0.4, -0.2) is 60.5 Å². The number of carbonyl (C=O) groups is 3. The van der Waals surface area contributed by atoms with Crippen LogP contribution in [0.5, 0.6) is 0 Å². The Balaban J connectivity index is 1.21. The van der Waals surface area contributed by atoms with Crippen LogP contribution in [-0.2, 0) is 20.9 Å². The smallest absolute Gasteiger partial charge is 0.255 e. The van der Waals surface area contributed by atoms with Gasteiger partial charge in [-0.05, 0) is 49.8 Å². The van der Waals surface area contributed by atoms with E-state index >= 15 is 0 Å². The molecule has 3 amide bonds. The second-order valence-electron chi connectivity index (χ2n) is 8.96. The van der Waals surface area contributed by atoms with Crippen LogP contribution in [0.4, 0.5) is 0 Å². The first-order valence-corrected chi connectivity index (χ1v) is 12.0. The minimum atomic E-state index is -0.628. The van der Waals surface area contributed by atoms with Gasteiger partial charge in [-0.2, -0.15) is 4.91 Å². The molecular weight excluding hydrogens is 436 g/mol. The van der Waals surface area contributed by atoms with Crippen LogP contribution in [0.3, 0.4) is 0 Å². The van der Waals surface area contributed by atoms with E-state index in [4.69, 9.17) is 4.74 Å². The quantitative estimate of drug-likeness (QED) is 0.261. The number of rotatable bonds is 8. The number of fused-ring (bicyclic) bond motifs is 1. The van der Waals surface area contributed by atoms with Gasteiger partial charge >= 0.3 is 0 Å². The lowest BCUT2D eigenvalue weighted by atomic mass is 9.92. The highest BCUT2D eigenvalue weighted by atomic mass is 16.5. The largest absolute Gasteiger partial charge is 0.379 e. The summed E-state index contributed by atoms with van der Waals surface area (Å²) in [6.45, 7) is 2.20. The highest BCUT2D eigenvalue weighted by Gasteiger charge is 2.39. The summed E-state index contributed by atoms with van der Waals surface area (Å²) in [6, 6.07) is 5.23. The van der Waals surface area contributed by atoms with E-state index in [1.165, 1.54) is 4.90 Å². The molecule has 4 rings (SSSR count). The van der Waals surface area contributed by atoms with Crippen molar-refractivity contribution in [3.63, 3.8) is 0 Å². The first-order chi connectivity index (χ1) is 16.6. The number of nitrogens with one attached hydrogen (secondary N) is 2. The average Bonchev–Trinajstić information content (AvgIpc) is 3.18. The fourth-order valence-electron chi connectivity index (χ4n) is 4.81. The molecule has 0 bridgehead atoms. The molecule has 180 valence electrons. The van der Waals surface area contributed by atoms with Gasteiger partial charge in [-0.1, -0.05) is 23.1 Å². The lowest BCUT2D eigenvalue weighted by molar-refractivity contribution is -0.136. The van der Waals surface area contributed by atoms with Gasteiger partial charge in [0, 0.05) is 43.1 Å². The third-order valence-corrected chi connectivity index (χ3v) is 6.70. The van der Waals surface area contributed by atoms with Crippen molar-refractivity contribution >= 4 is 17.7 Å². The second kappa shape index (κ2) is 11.4. The molecule has 34 heavy (non-hydrogen) atoms. The molecular formula is C25H30N4O5. The predicted octanol–water partition coefficient (Wildman–Crippen LogP) is 1.87. The van der Waals surface area contributed by atoms with Crippen LogP contribution in [0.2, 0.25) is 0 Å². The molecule has 0 aromatic heterocycles. The summed E-state index contributed by atoms with van der Waals surface area (Å²) in [4.78, 5) is 48.6. The molecule has 0 spiro atoms. The average molecular weight is 467 g/mol. The molecule has 3 aliphatic rings. The fraction of sp³-hybridized carbons (Fsp3) is 0.560. The summed E-state index contributed by atoms with van der Waals surface area (Å²) in [5.41, 5.74) is 2.17. The molecule has 2 aliphatic heterocycles. The molecule has 1 atom stereocenters. The highest BCUT2D eigenvalue weighted by Crippen LogP contribution is 2.29. The van der Waals surface area contributed by atoms with Gasteiger partial charge in [0.05, 0.1) is 19.3 Å². The van der Waals surface area contributed by atoms with Gasteiger partial charge in [-0.15, -0.1) is 0 Å². The van der Waals surface area contributed by atoms with E-state index in [-0.39, 0.29) is 24.3 Å². The van der Waals surface area contributed by atoms with Crippen molar-refractivity contribution in [2.24, 2.45) is 5.18 Å². The fourth-order valence-corrected chi connectivity index (χ4v) is 4.81. The van der Waals surface area contributed by atoms with Gasteiger partial charge in [0.2, 0.25) is 11.8 Å². The standard InChI is InChI=1S/C25H30N4O5/c30-23-12-11-22(24(31)27-23)29-16-21-17(5-3-6-20(21)25(29)32)4-1-2-14-34-15-13-26-18-7-9-19(28-33)10-8-18/h3,5-6,18-19,22,26H,2,7-16H2,(H,27,30,31). The van der Waals surface area contributed by atoms with Crippen molar-refractivity contribution in [3.05, 3.63) is 39.8 Å². The number of ether oxygens (including phenoxy) is 1. The van der Waals surface area contributed by atoms with Crippen LogP contribution >= 0.6 is 0 Å². The van der Waals surface area contributed by atoms with E-state index in [0.717, 1.165) is 43.4 Å². The number of hydrogen-bond donors (Lipinski definition) is 2. The van der Waals surface area contributed by atoms with E-state index < -0.39 is 11.9 Å². The maximum atomic E-state index is 12.9. The zero-order chi connectivity index (χ0) is 23.9. The predicted molar refractivity (Wildman–Crippen MR) is 125 cm³/mol. The number of carbonyl (C=O) groups excluding carboxylic acids is 3.